The van der Waals surface area contributed by atoms with Crippen LogP contribution in [0.3, 0.4) is 0 Å². The van der Waals surface area contributed by atoms with Crippen molar-refractivity contribution < 1.29 is 13.5 Å². The third-order valence-corrected chi connectivity index (χ3v) is 2.94. The molecule has 0 aliphatic heterocycles. The van der Waals surface area contributed by atoms with E-state index < -0.39 is 11.6 Å². The van der Waals surface area contributed by atoms with Crippen molar-refractivity contribution in [2.75, 3.05) is 13.1 Å². The van der Waals surface area contributed by atoms with Crippen molar-refractivity contribution in [2.24, 2.45) is 0 Å². The summed E-state index contributed by atoms with van der Waals surface area (Å²) in [6, 6.07) is 2.54. The van der Waals surface area contributed by atoms with E-state index in [1.165, 1.54) is 6.07 Å². The fourth-order valence-corrected chi connectivity index (χ4v) is 2.04. The van der Waals surface area contributed by atoms with E-state index in [9.17, 15) is 8.78 Å². The summed E-state index contributed by atoms with van der Waals surface area (Å²) in [5.41, 5.74) is 0. The normalized spacial score (nSPS) is 12.5. The zero-order valence-corrected chi connectivity index (χ0v) is 12.2. The molecule has 0 bridgehead atoms. The summed E-state index contributed by atoms with van der Waals surface area (Å²) in [6.07, 6.45) is 1.56. The molecule has 1 rings (SSSR count). The number of benzene rings is 1. The lowest BCUT2D eigenvalue weighted by atomic mass is 10.2. The van der Waals surface area contributed by atoms with Gasteiger partial charge in [0.25, 0.3) is 0 Å². The molecule has 5 heteroatoms. The minimum Gasteiger partial charge on any atom is -0.486 e. The largest absolute Gasteiger partial charge is 0.486 e. The molecule has 102 valence electrons. The maximum atomic E-state index is 13.6. The van der Waals surface area contributed by atoms with Crippen LogP contribution in [0.4, 0.5) is 8.78 Å². The summed E-state index contributed by atoms with van der Waals surface area (Å²) in [5.74, 6) is -1.88. The van der Waals surface area contributed by atoms with E-state index in [1.807, 2.05) is 13.8 Å². The molecule has 0 amide bonds. The highest BCUT2D eigenvalue weighted by Crippen LogP contribution is 2.26. The van der Waals surface area contributed by atoms with Gasteiger partial charge >= 0.3 is 0 Å². The van der Waals surface area contributed by atoms with Crippen molar-refractivity contribution in [1.82, 2.24) is 5.32 Å². The van der Waals surface area contributed by atoms with Crippen LogP contribution < -0.4 is 10.1 Å². The summed E-state index contributed by atoms with van der Waals surface area (Å²) < 4.78 is 32.8. The Bertz CT molecular complexity index is 387. The molecule has 0 fully saturated rings. The van der Waals surface area contributed by atoms with Gasteiger partial charge in [0, 0.05) is 11.0 Å². The summed E-state index contributed by atoms with van der Waals surface area (Å²) in [7, 11) is 0. The zero-order valence-electron chi connectivity index (χ0n) is 10.6. The van der Waals surface area contributed by atoms with Crippen LogP contribution in [0.25, 0.3) is 0 Å². The zero-order chi connectivity index (χ0) is 13.5. The quantitative estimate of drug-likeness (QED) is 0.769. The second kappa shape index (κ2) is 7.69. The van der Waals surface area contributed by atoms with Gasteiger partial charge in [-0.2, -0.15) is 4.39 Å². The van der Waals surface area contributed by atoms with Gasteiger partial charge < -0.3 is 10.1 Å². The van der Waals surface area contributed by atoms with Gasteiger partial charge in [-0.15, -0.1) is 0 Å². The Morgan fingerprint density at radius 1 is 1.33 bits per heavy atom. The van der Waals surface area contributed by atoms with Gasteiger partial charge in [-0.1, -0.05) is 36.2 Å². The Kier molecular flexibility index (Phi) is 6.57. The number of hydrogen-bond acceptors (Lipinski definition) is 2. The molecule has 1 aromatic carbocycles. The lowest BCUT2D eigenvalue weighted by molar-refractivity contribution is 0.177. The van der Waals surface area contributed by atoms with E-state index in [-0.39, 0.29) is 11.9 Å². The highest BCUT2D eigenvalue weighted by molar-refractivity contribution is 9.10. The Hall–Kier alpha value is -0.680. The van der Waals surface area contributed by atoms with E-state index in [0.717, 1.165) is 25.5 Å². The van der Waals surface area contributed by atoms with Crippen molar-refractivity contribution >= 4 is 15.9 Å². The Morgan fingerprint density at radius 3 is 2.67 bits per heavy atom. The summed E-state index contributed by atoms with van der Waals surface area (Å²) >= 11 is 3.13. The van der Waals surface area contributed by atoms with Gasteiger partial charge in [0.2, 0.25) is 5.82 Å². The predicted molar refractivity (Wildman–Crippen MR) is 71.9 cm³/mol. The Balaban J connectivity index is 2.79. The molecule has 0 aromatic heterocycles. The maximum Gasteiger partial charge on any atom is 0.200 e. The van der Waals surface area contributed by atoms with Crippen LogP contribution in [0.5, 0.6) is 5.75 Å². The second-order valence-electron chi connectivity index (χ2n) is 4.04. The van der Waals surface area contributed by atoms with Gasteiger partial charge in [-0.3, -0.25) is 0 Å². The first-order chi connectivity index (χ1) is 8.58. The highest BCUT2D eigenvalue weighted by atomic mass is 79.9. The lowest BCUT2D eigenvalue weighted by Gasteiger charge is -2.19. The van der Waals surface area contributed by atoms with Crippen LogP contribution in [0, 0.1) is 11.6 Å². The summed E-state index contributed by atoms with van der Waals surface area (Å²) in [6.45, 7) is 5.46. The molecule has 0 radical (unpaired) electrons. The minimum absolute atomic E-state index is 0.0433. The summed E-state index contributed by atoms with van der Waals surface area (Å²) in [4.78, 5) is 0. The number of hydrogen-bond donors (Lipinski definition) is 1. The third kappa shape index (κ3) is 4.53. The molecule has 1 unspecified atom stereocenters. The molecule has 0 aliphatic rings. The van der Waals surface area contributed by atoms with E-state index in [4.69, 9.17) is 4.74 Å². The SMILES string of the molecule is CCCC(CNCC)Oc1cc(Br)cc(F)c1F. The van der Waals surface area contributed by atoms with Crippen molar-refractivity contribution in [3.05, 3.63) is 28.2 Å². The molecule has 1 N–H and O–H groups in total. The van der Waals surface area contributed by atoms with Crippen molar-refractivity contribution in [1.29, 1.82) is 0 Å². The minimum atomic E-state index is -0.934. The molecule has 18 heavy (non-hydrogen) atoms. The number of likely N-dealkylation sites (N-methyl/N-ethyl adjacent to an activating group) is 1. The van der Waals surface area contributed by atoms with Crippen molar-refractivity contribution in [2.45, 2.75) is 32.8 Å². The molecular formula is C13H18BrF2NO. The standard InChI is InChI=1S/C13H18BrF2NO/c1-3-5-10(8-17-4-2)18-12-7-9(14)6-11(15)13(12)16/h6-7,10,17H,3-5,8H2,1-2H3. The molecule has 0 saturated carbocycles. The van der Waals surface area contributed by atoms with Crippen LogP contribution in [-0.2, 0) is 0 Å². The lowest BCUT2D eigenvalue weighted by Crippen LogP contribution is -2.31. The molecule has 2 nitrogen and oxygen atoms in total. The van der Waals surface area contributed by atoms with Crippen molar-refractivity contribution in [3.8, 4) is 5.75 Å². The Morgan fingerprint density at radius 2 is 2.06 bits per heavy atom. The van der Waals surface area contributed by atoms with Crippen LogP contribution in [0.1, 0.15) is 26.7 Å². The maximum absolute atomic E-state index is 13.6. The van der Waals surface area contributed by atoms with Crippen LogP contribution in [0.2, 0.25) is 0 Å². The average molecular weight is 322 g/mol. The Labute approximate surface area is 115 Å². The molecule has 0 heterocycles. The smallest absolute Gasteiger partial charge is 0.200 e. The topological polar surface area (TPSA) is 21.3 Å². The number of ether oxygens (including phenoxy) is 1. The van der Waals surface area contributed by atoms with E-state index >= 15 is 0 Å². The monoisotopic (exact) mass is 321 g/mol. The van der Waals surface area contributed by atoms with Gasteiger partial charge in [0.05, 0.1) is 0 Å². The molecule has 1 aromatic rings. The first kappa shape index (κ1) is 15.4. The highest BCUT2D eigenvalue weighted by Gasteiger charge is 2.16. The van der Waals surface area contributed by atoms with Gasteiger partial charge in [-0.05, 0) is 25.1 Å². The van der Waals surface area contributed by atoms with Crippen LogP contribution in [-0.4, -0.2) is 19.2 Å². The van der Waals surface area contributed by atoms with Crippen molar-refractivity contribution in [3.63, 3.8) is 0 Å². The predicted octanol–water partition coefficient (Wildman–Crippen LogP) is 3.88. The average Bonchev–Trinajstić information content (AvgIpc) is 2.32. The fourth-order valence-electron chi connectivity index (χ4n) is 1.63. The van der Waals surface area contributed by atoms with E-state index in [2.05, 4.69) is 21.2 Å². The molecule has 1 atom stereocenters. The molecular weight excluding hydrogens is 304 g/mol. The first-order valence-corrected chi connectivity index (χ1v) is 6.89. The molecule has 0 saturated heterocycles. The fraction of sp³-hybridized carbons (Fsp3) is 0.538. The summed E-state index contributed by atoms with van der Waals surface area (Å²) in [5, 5.41) is 3.15. The van der Waals surface area contributed by atoms with E-state index in [1.54, 1.807) is 0 Å². The second-order valence-corrected chi connectivity index (χ2v) is 4.95. The van der Waals surface area contributed by atoms with Crippen LogP contribution in [0.15, 0.2) is 16.6 Å². The third-order valence-electron chi connectivity index (χ3n) is 2.49. The van der Waals surface area contributed by atoms with Gasteiger partial charge in [0.15, 0.2) is 11.6 Å². The number of halogens is 3. The molecule has 0 spiro atoms. The number of rotatable bonds is 7. The molecule has 0 aliphatic carbocycles. The van der Waals surface area contributed by atoms with Crippen LogP contribution >= 0.6 is 15.9 Å². The van der Waals surface area contributed by atoms with Gasteiger partial charge in [-0.25, -0.2) is 4.39 Å². The van der Waals surface area contributed by atoms with Gasteiger partial charge in [0.1, 0.15) is 6.10 Å². The number of nitrogens with one attached hydrogen (secondary N) is 1. The van der Waals surface area contributed by atoms with E-state index in [0.29, 0.717) is 11.0 Å². The first-order valence-electron chi connectivity index (χ1n) is 6.10.